The van der Waals surface area contributed by atoms with E-state index in [4.69, 9.17) is 4.74 Å². The van der Waals surface area contributed by atoms with Gasteiger partial charge in [0, 0.05) is 35.3 Å². The summed E-state index contributed by atoms with van der Waals surface area (Å²) in [6.45, 7) is 0. The van der Waals surface area contributed by atoms with Gasteiger partial charge < -0.3 is 9.64 Å². The van der Waals surface area contributed by atoms with E-state index in [0.717, 1.165) is 17.2 Å². The Hall–Kier alpha value is -2.46. The molecular formula is C18H14N2OS. The minimum Gasteiger partial charge on any atom is -0.497 e. The standard InChI is InChI=1S/C18H14N2OS/c1-21-16-7-6-13-11-15(5-4-14(13)12-16)17-3-2-8-20-9-10-22-19-18(17)20/h2-12H,1H3. The molecule has 0 spiro atoms. The van der Waals surface area contributed by atoms with Crippen LogP contribution < -0.4 is 4.74 Å². The number of hydrogen-bond donors (Lipinski definition) is 0. The predicted molar refractivity (Wildman–Crippen MR) is 93.6 cm³/mol. The first kappa shape index (κ1) is 13.2. The van der Waals surface area contributed by atoms with E-state index in [-0.39, 0.29) is 0 Å². The first-order valence-electron chi connectivity index (χ1n) is 7.01. The molecule has 2 heterocycles. The average Bonchev–Trinajstić information content (AvgIpc) is 2.60. The summed E-state index contributed by atoms with van der Waals surface area (Å²) in [6, 6.07) is 12.6. The van der Waals surface area contributed by atoms with Crippen LogP contribution in [-0.2, 0) is 0 Å². The van der Waals surface area contributed by atoms with Crippen LogP contribution in [-0.4, -0.2) is 17.8 Å². The second-order valence-corrected chi connectivity index (χ2v) is 5.73. The Morgan fingerprint density at radius 1 is 1.05 bits per heavy atom. The quantitative estimate of drug-likeness (QED) is 0.758. The lowest BCUT2D eigenvalue weighted by atomic mass is 9.98. The number of amidine groups is 1. The Balaban J connectivity index is 1.79. The van der Waals surface area contributed by atoms with E-state index in [1.165, 1.54) is 28.3 Å². The van der Waals surface area contributed by atoms with Crippen molar-refractivity contribution in [3.05, 3.63) is 71.9 Å². The van der Waals surface area contributed by atoms with Crippen LogP contribution in [0.15, 0.2) is 70.8 Å². The van der Waals surface area contributed by atoms with Gasteiger partial charge >= 0.3 is 0 Å². The van der Waals surface area contributed by atoms with Crippen LogP contribution in [0, 0.1) is 0 Å². The molecular weight excluding hydrogens is 292 g/mol. The van der Waals surface area contributed by atoms with Crippen LogP contribution in [0.3, 0.4) is 0 Å². The molecule has 0 N–H and O–H groups in total. The van der Waals surface area contributed by atoms with E-state index >= 15 is 0 Å². The Morgan fingerprint density at radius 2 is 1.91 bits per heavy atom. The summed E-state index contributed by atoms with van der Waals surface area (Å²) >= 11 is 1.46. The van der Waals surface area contributed by atoms with Crippen molar-refractivity contribution in [2.45, 2.75) is 0 Å². The summed E-state index contributed by atoms with van der Waals surface area (Å²) in [4.78, 5) is 2.05. The molecule has 4 rings (SSSR count). The van der Waals surface area contributed by atoms with Crippen molar-refractivity contribution in [2.75, 3.05) is 7.11 Å². The topological polar surface area (TPSA) is 24.8 Å². The average molecular weight is 306 g/mol. The SMILES string of the molecule is COc1ccc2cc(C3=CC=CN4C=CSN=C34)ccc2c1. The summed E-state index contributed by atoms with van der Waals surface area (Å²) in [5, 5.41) is 4.34. The molecule has 0 fully saturated rings. The number of nitrogens with zero attached hydrogens (tertiary/aromatic N) is 2. The fraction of sp³-hybridized carbons (Fsp3) is 0.0556. The van der Waals surface area contributed by atoms with E-state index in [1.54, 1.807) is 7.11 Å². The molecule has 0 saturated heterocycles. The normalized spacial score (nSPS) is 16.3. The number of fused-ring (bicyclic) bond motifs is 2. The van der Waals surface area contributed by atoms with Crippen LogP contribution in [0.2, 0.25) is 0 Å². The highest BCUT2D eigenvalue weighted by atomic mass is 32.2. The monoisotopic (exact) mass is 306 g/mol. The fourth-order valence-corrected chi connectivity index (χ4v) is 3.19. The van der Waals surface area contributed by atoms with Crippen molar-refractivity contribution in [1.82, 2.24) is 4.90 Å². The van der Waals surface area contributed by atoms with Crippen molar-refractivity contribution in [3.63, 3.8) is 0 Å². The Bertz CT molecular complexity index is 865. The molecule has 0 aromatic heterocycles. The minimum absolute atomic E-state index is 0.879. The molecule has 0 bridgehead atoms. The van der Waals surface area contributed by atoms with E-state index in [2.05, 4.69) is 40.8 Å². The summed E-state index contributed by atoms with van der Waals surface area (Å²) < 4.78 is 9.83. The third-order valence-corrected chi connectivity index (χ3v) is 4.30. The van der Waals surface area contributed by atoms with Crippen molar-refractivity contribution >= 4 is 34.1 Å². The number of rotatable bonds is 2. The van der Waals surface area contributed by atoms with Gasteiger partial charge in [-0.15, -0.1) is 0 Å². The van der Waals surface area contributed by atoms with Crippen molar-refractivity contribution in [3.8, 4) is 5.75 Å². The van der Waals surface area contributed by atoms with Gasteiger partial charge in [0.1, 0.15) is 5.75 Å². The van der Waals surface area contributed by atoms with E-state index < -0.39 is 0 Å². The summed E-state index contributed by atoms with van der Waals surface area (Å²) in [7, 11) is 1.69. The van der Waals surface area contributed by atoms with E-state index in [9.17, 15) is 0 Å². The maximum absolute atomic E-state index is 5.28. The van der Waals surface area contributed by atoms with Gasteiger partial charge in [-0.1, -0.05) is 18.2 Å². The van der Waals surface area contributed by atoms with E-state index in [0.29, 0.717) is 0 Å². The summed E-state index contributed by atoms with van der Waals surface area (Å²) in [6.07, 6.45) is 8.21. The molecule has 0 unspecified atom stereocenters. The molecule has 0 saturated carbocycles. The molecule has 0 aliphatic carbocycles. The van der Waals surface area contributed by atoms with Crippen LogP contribution in [0.1, 0.15) is 5.56 Å². The van der Waals surface area contributed by atoms with Gasteiger partial charge in [0.2, 0.25) is 0 Å². The fourth-order valence-electron chi connectivity index (χ4n) is 2.65. The maximum Gasteiger partial charge on any atom is 0.152 e. The number of benzene rings is 2. The van der Waals surface area contributed by atoms with Crippen molar-refractivity contribution < 1.29 is 4.74 Å². The molecule has 2 aliphatic heterocycles. The van der Waals surface area contributed by atoms with Gasteiger partial charge in [-0.3, -0.25) is 0 Å². The smallest absolute Gasteiger partial charge is 0.152 e. The largest absolute Gasteiger partial charge is 0.497 e. The first-order valence-corrected chi connectivity index (χ1v) is 7.85. The van der Waals surface area contributed by atoms with Crippen LogP contribution >= 0.6 is 11.9 Å². The zero-order valence-corrected chi connectivity index (χ0v) is 12.9. The van der Waals surface area contributed by atoms with Gasteiger partial charge in [0.25, 0.3) is 0 Å². The molecule has 2 aromatic rings. The lowest BCUT2D eigenvalue weighted by Gasteiger charge is -2.25. The van der Waals surface area contributed by atoms with Gasteiger partial charge in [0.05, 0.1) is 7.11 Å². The number of allylic oxidation sites excluding steroid dienone is 2. The first-order chi connectivity index (χ1) is 10.8. The summed E-state index contributed by atoms with van der Waals surface area (Å²) in [5.74, 6) is 1.85. The van der Waals surface area contributed by atoms with Gasteiger partial charge in [-0.05, 0) is 46.7 Å². The zero-order chi connectivity index (χ0) is 14.9. The third kappa shape index (κ3) is 2.22. The second kappa shape index (κ2) is 5.39. The van der Waals surface area contributed by atoms with E-state index in [1.807, 2.05) is 34.9 Å². The molecule has 0 atom stereocenters. The maximum atomic E-state index is 5.28. The zero-order valence-electron chi connectivity index (χ0n) is 12.1. The Morgan fingerprint density at radius 3 is 2.82 bits per heavy atom. The van der Waals surface area contributed by atoms with Gasteiger partial charge in [-0.2, -0.15) is 4.40 Å². The van der Waals surface area contributed by atoms with Gasteiger partial charge in [-0.25, -0.2) is 0 Å². The molecule has 2 aliphatic rings. The van der Waals surface area contributed by atoms with Crippen molar-refractivity contribution in [1.29, 1.82) is 0 Å². The van der Waals surface area contributed by atoms with Crippen LogP contribution in [0.4, 0.5) is 0 Å². The van der Waals surface area contributed by atoms with Crippen molar-refractivity contribution in [2.24, 2.45) is 4.40 Å². The molecule has 2 aromatic carbocycles. The number of hydrogen-bond acceptors (Lipinski definition) is 4. The number of methoxy groups -OCH3 is 1. The predicted octanol–water partition coefficient (Wildman–Crippen LogP) is 4.59. The molecule has 3 nitrogen and oxygen atoms in total. The number of ether oxygens (including phenoxy) is 1. The highest BCUT2D eigenvalue weighted by Gasteiger charge is 2.19. The molecule has 0 radical (unpaired) electrons. The Kier molecular flexibility index (Phi) is 3.24. The minimum atomic E-state index is 0.879. The third-order valence-electron chi connectivity index (χ3n) is 3.77. The molecule has 22 heavy (non-hydrogen) atoms. The summed E-state index contributed by atoms with van der Waals surface area (Å²) in [5.41, 5.74) is 2.30. The highest BCUT2D eigenvalue weighted by molar-refractivity contribution is 8.01. The highest BCUT2D eigenvalue weighted by Crippen LogP contribution is 2.30. The molecule has 108 valence electrons. The molecule has 0 amide bonds. The van der Waals surface area contributed by atoms with Gasteiger partial charge in [0.15, 0.2) is 5.84 Å². The molecule has 4 heteroatoms. The van der Waals surface area contributed by atoms with Crippen LogP contribution in [0.25, 0.3) is 16.3 Å². The Labute approximate surface area is 133 Å². The van der Waals surface area contributed by atoms with Crippen LogP contribution in [0.5, 0.6) is 5.75 Å². The second-order valence-electron chi connectivity index (χ2n) is 5.06. The lowest BCUT2D eigenvalue weighted by Crippen LogP contribution is -2.24. The lowest BCUT2D eigenvalue weighted by molar-refractivity contribution is 0.415.